The highest BCUT2D eigenvalue weighted by Gasteiger charge is 2.07. The molecule has 0 aliphatic rings. The van der Waals surface area contributed by atoms with Crippen LogP contribution in [-0.2, 0) is 9.59 Å². The Kier molecular flexibility index (Phi) is 4.38. The average Bonchev–Trinajstić information content (AvgIpc) is 2.92. The number of anilines is 1. The van der Waals surface area contributed by atoms with Crippen molar-refractivity contribution in [2.75, 3.05) is 5.32 Å². The quantitative estimate of drug-likeness (QED) is 0.724. The van der Waals surface area contributed by atoms with E-state index in [0.717, 1.165) is 5.56 Å². The number of hydrogen-bond acceptors (Lipinski definition) is 5. The number of nitrogens with one attached hydrogen (secondary N) is 2. The molecule has 0 aliphatic heterocycles. The number of aromatic nitrogens is 4. The highest BCUT2D eigenvalue weighted by atomic mass is 16.4. The summed E-state index contributed by atoms with van der Waals surface area (Å²) in [5.41, 5.74) is 1.33. The van der Waals surface area contributed by atoms with E-state index < -0.39 is 5.97 Å². The van der Waals surface area contributed by atoms with Crippen LogP contribution in [0.4, 0.5) is 5.69 Å². The fourth-order valence-electron chi connectivity index (χ4n) is 1.64. The molecule has 3 N–H and O–H groups in total. The lowest BCUT2D eigenvalue weighted by Gasteiger charge is -2.05. The fraction of sp³-hybridized carbons (Fsp3) is 0.250. The van der Waals surface area contributed by atoms with Crippen molar-refractivity contribution in [3.8, 4) is 11.4 Å². The molecule has 0 saturated carbocycles. The number of nitrogens with zero attached hydrogens (tertiary/aromatic N) is 3. The Hall–Kier alpha value is -2.77. The molecule has 1 aromatic heterocycles. The first-order chi connectivity index (χ1) is 9.65. The third-order valence-electron chi connectivity index (χ3n) is 2.54. The van der Waals surface area contributed by atoms with Crippen LogP contribution in [0.1, 0.15) is 19.3 Å². The molecule has 104 valence electrons. The van der Waals surface area contributed by atoms with Gasteiger partial charge in [-0.05, 0) is 23.8 Å². The van der Waals surface area contributed by atoms with E-state index in [1.165, 1.54) is 0 Å². The van der Waals surface area contributed by atoms with Gasteiger partial charge in [-0.3, -0.25) is 9.59 Å². The number of amides is 1. The average molecular weight is 275 g/mol. The molecule has 0 atom stereocenters. The maximum absolute atomic E-state index is 11.6. The Morgan fingerprint density at radius 3 is 2.85 bits per heavy atom. The zero-order valence-corrected chi connectivity index (χ0v) is 10.5. The zero-order chi connectivity index (χ0) is 14.4. The van der Waals surface area contributed by atoms with Crippen molar-refractivity contribution in [2.24, 2.45) is 0 Å². The first kappa shape index (κ1) is 13.7. The van der Waals surface area contributed by atoms with Crippen LogP contribution >= 0.6 is 0 Å². The summed E-state index contributed by atoms with van der Waals surface area (Å²) in [4.78, 5) is 22.0. The molecule has 20 heavy (non-hydrogen) atoms. The zero-order valence-electron chi connectivity index (χ0n) is 10.5. The molecule has 8 nitrogen and oxygen atoms in total. The third kappa shape index (κ3) is 3.87. The highest BCUT2D eigenvalue weighted by Crippen LogP contribution is 2.18. The van der Waals surface area contributed by atoms with E-state index in [4.69, 9.17) is 5.11 Å². The van der Waals surface area contributed by atoms with Crippen molar-refractivity contribution in [3.05, 3.63) is 24.3 Å². The maximum Gasteiger partial charge on any atom is 0.303 e. The molecule has 2 aromatic rings. The van der Waals surface area contributed by atoms with E-state index in [-0.39, 0.29) is 18.7 Å². The van der Waals surface area contributed by atoms with Gasteiger partial charge in [-0.1, -0.05) is 12.1 Å². The van der Waals surface area contributed by atoms with Crippen molar-refractivity contribution < 1.29 is 14.7 Å². The van der Waals surface area contributed by atoms with Crippen LogP contribution in [0.3, 0.4) is 0 Å². The molecule has 1 amide bonds. The molecule has 0 fully saturated rings. The first-order valence-corrected chi connectivity index (χ1v) is 6.00. The number of H-pyrrole nitrogens is 1. The summed E-state index contributed by atoms with van der Waals surface area (Å²) in [6.45, 7) is 0. The number of carboxylic acids is 1. The highest BCUT2D eigenvalue weighted by molar-refractivity contribution is 5.91. The van der Waals surface area contributed by atoms with Crippen molar-refractivity contribution in [1.82, 2.24) is 20.6 Å². The van der Waals surface area contributed by atoms with E-state index in [9.17, 15) is 9.59 Å². The fourth-order valence-corrected chi connectivity index (χ4v) is 1.64. The number of hydrogen-bond donors (Lipinski definition) is 3. The smallest absolute Gasteiger partial charge is 0.303 e. The van der Waals surface area contributed by atoms with Crippen LogP contribution in [0, 0.1) is 0 Å². The number of carbonyl (C=O) groups is 2. The Morgan fingerprint density at radius 2 is 2.15 bits per heavy atom. The predicted molar refractivity (Wildman–Crippen MR) is 69.7 cm³/mol. The monoisotopic (exact) mass is 275 g/mol. The lowest BCUT2D eigenvalue weighted by Crippen LogP contribution is -2.11. The minimum absolute atomic E-state index is 0.0175. The number of carbonyl (C=O) groups excluding carboxylic acids is 1. The number of carboxylic acid groups (broad SMARTS) is 1. The number of aromatic amines is 1. The van der Waals surface area contributed by atoms with Gasteiger partial charge in [0.15, 0.2) is 0 Å². The largest absolute Gasteiger partial charge is 0.481 e. The van der Waals surface area contributed by atoms with E-state index in [1.807, 2.05) is 0 Å². The van der Waals surface area contributed by atoms with Crippen LogP contribution in [0.2, 0.25) is 0 Å². The molecule has 2 rings (SSSR count). The van der Waals surface area contributed by atoms with Crippen LogP contribution in [0.25, 0.3) is 11.4 Å². The van der Waals surface area contributed by atoms with Gasteiger partial charge in [0.1, 0.15) is 0 Å². The second-order valence-electron chi connectivity index (χ2n) is 4.11. The Balaban J connectivity index is 1.94. The molecule has 0 aliphatic carbocycles. The van der Waals surface area contributed by atoms with Gasteiger partial charge in [-0.2, -0.15) is 5.21 Å². The van der Waals surface area contributed by atoms with E-state index >= 15 is 0 Å². The van der Waals surface area contributed by atoms with Crippen molar-refractivity contribution >= 4 is 17.6 Å². The SMILES string of the molecule is O=C(O)CCCC(=O)Nc1cccc(-c2nn[nH]n2)c1. The van der Waals surface area contributed by atoms with Crippen LogP contribution in [-0.4, -0.2) is 37.6 Å². The molecule has 0 radical (unpaired) electrons. The van der Waals surface area contributed by atoms with Gasteiger partial charge < -0.3 is 10.4 Å². The predicted octanol–water partition coefficient (Wildman–Crippen LogP) is 1.06. The Bertz CT molecular complexity index is 597. The molecular formula is C12H13N5O3. The second kappa shape index (κ2) is 6.41. The number of tetrazole rings is 1. The van der Waals surface area contributed by atoms with E-state index in [1.54, 1.807) is 24.3 Å². The van der Waals surface area contributed by atoms with E-state index in [2.05, 4.69) is 25.9 Å². The Morgan fingerprint density at radius 1 is 1.30 bits per heavy atom. The third-order valence-corrected chi connectivity index (χ3v) is 2.54. The second-order valence-corrected chi connectivity index (χ2v) is 4.11. The number of benzene rings is 1. The summed E-state index contributed by atoms with van der Waals surface area (Å²) in [5, 5.41) is 24.7. The van der Waals surface area contributed by atoms with Gasteiger partial charge in [0.25, 0.3) is 0 Å². The molecule has 0 bridgehead atoms. The first-order valence-electron chi connectivity index (χ1n) is 6.00. The standard InChI is InChI=1S/C12H13N5O3/c18-10(5-2-6-11(19)20)13-9-4-1-3-8(7-9)12-14-16-17-15-12/h1,3-4,7H,2,5-6H2,(H,13,18)(H,19,20)(H,14,15,16,17). The minimum atomic E-state index is -0.906. The van der Waals surface area contributed by atoms with Crippen molar-refractivity contribution in [1.29, 1.82) is 0 Å². The lowest BCUT2D eigenvalue weighted by molar-refractivity contribution is -0.137. The summed E-state index contributed by atoms with van der Waals surface area (Å²) in [7, 11) is 0. The number of rotatable bonds is 6. The van der Waals surface area contributed by atoms with Crippen molar-refractivity contribution in [3.63, 3.8) is 0 Å². The van der Waals surface area contributed by atoms with Gasteiger partial charge >= 0.3 is 5.97 Å². The summed E-state index contributed by atoms with van der Waals surface area (Å²) in [5.74, 6) is -0.694. The molecule has 8 heteroatoms. The van der Waals surface area contributed by atoms with Gasteiger partial charge in [0.05, 0.1) is 0 Å². The molecular weight excluding hydrogens is 262 g/mol. The summed E-state index contributed by atoms with van der Waals surface area (Å²) >= 11 is 0. The molecule has 0 saturated heterocycles. The number of aliphatic carboxylic acids is 1. The maximum atomic E-state index is 11.6. The summed E-state index contributed by atoms with van der Waals surface area (Å²) in [6.07, 6.45) is 0.459. The van der Waals surface area contributed by atoms with Crippen LogP contribution in [0.15, 0.2) is 24.3 Å². The molecule has 0 unspecified atom stereocenters. The topological polar surface area (TPSA) is 121 Å². The normalized spacial score (nSPS) is 10.2. The lowest BCUT2D eigenvalue weighted by atomic mass is 10.2. The molecule has 1 heterocycles. The van der Waals surface area contributed by atoms with Gasteiger partial charge in [0.2, 0.25) is 11.7 Å². The van der Waals surface area contributed by atoms with Gasteiger partial charge in [0, 0.05) is 24.1 Å². The van der Waals surface area contributed by atoms with Crippen LogP contribution < -0.4 is 5.32 Å². The van der Waals surface area contributed by atoms with E-state index in [0.29, 0.717) is 17.9 Å². The molecule has 1 aromatic carbocycles. The Labute approximate surface area is 114 Å². The van der Waals surface area contributed by atoms with Gasteiger partial charge in [-0.25, -0.2) is 0 Å². The van der Waals surface area contributed by atoms with Gasteiger partial charge in [-0.15, -0.1) is 10.2 Å². The van der Waals surface area contributed by atoms with Crippen molar-refractivity contribution in [2.45, 2.75) is 19.3 Å². The molecule has 0 spiro atoms. The summed E-state index contributed by atoms with van der Waals surface area (Å²) < 4.78 is 0. The summed E-state index contributed by atoms with van der Waals surface area (Å²) in [6, 6.07) is 7.02. The van der Waals surface area contributed by atoms with Crippen LogP contribution in [0.5, 0.6) is 0 Å². The minimum Gasteiger partial charge on any atom is -0.481 e.